The number of anilines is 1. The van der Waals surface area contributed by atoms with E-state index in [-0.39, 0.29) is 0 Å². The molecule has 0 spiro atoms. The molecule has 0 amide bonds. The first kappa shape index (κ1) is 10.4. The van der Waals surface area contributed by atoms with Gasteiger partial charge in [0.15, 0.2) is 0 Å². The molecule has 15 heavy (non-hydrogen) atoms. The van der Waals surface area contributed by atoms with E-state index < -0.39 is 0 Å². The van der Waals surface area contributed by atoms with Crippen LogP contribution in [0.25, 0.3) is 0 Å². The Morgan fingerprint density at radius 3 is 2.53 bits per heavy atom. The van der Waals surface area contributed by atoms with Crippen LogP contribution >= 0.6 is 0 Å². The van der Waals surface area contributed by atoms with Crippen LogP contribution in [0, 0.1) is 13.8 Å². The quantitative estimate of drug-likeness (QED) is 0.824. The average molecular weight is 205 g/mol. The Morgan fingerprint density at radius 2 is 2.07 bits per heavy atom. The van der Waals surface area contributed by atoms with Gasteiger partial charge in [-0.15, -0.1) is 0 Å². The summed E-state index contributed by atoms with van der Waals surface area (Å²) in [4.78, 5) is 8.71. The van der Waals surface area contributed by atoms with Gasteiger partial charge in [-0.3, -0.25) is 0 Å². The highest BCUT2D eigenvalue weighted by Gasteiger charge is 2.35. The maximum Gasteiger partial charge on any atom is 0.130 e. The summed E-state index contributed by atoms with van der Waals surface area (Å²) in [6.45, 7) is 6.20. The average Bonchev–Trinajstić information content (AvgIpc) is 2.10. The van der Waals surface area contributed by atoms with Gasteiger partial charge < -0.3 is 5.32 Å². The molecule has 0 saturated heterocycles. The smallest absolute Gasteiger partial charge is 0.130 e. The molecule has 1 aromatic heterocycles. The Balaban J connectivity index is 2.16. The molecule has 0 bridgehead atoms. The lowest BCUT2D eigenvalue weighted by molar-refractivity contribution is 0.268. The number of hydrogen-bond acceptors (Lipinski definition) is 3. The monoisotopic (exact) mass is 205 g/mol. The van der Waals surface area contributed by atoms with Crippen LogP contribution in [-0.4, -0.2) is 15.5 Å². The Kier molecular flexibility index (Phi) is 2.63. The van der Waals surface area contributed by atoms with Gasteiger partial charge in [-0.25, -0.2) is 9.97 Å². The summed E-state index contributed by atoms with van der Waals surface area (Å²) < 4.78 is 0. The Morgan fingerprint density at radius 1 is 1.33 bits per heavy atom. The second kappa shape index (κ2) is 3.80. The summed E-state index contributed by atoms with van der Waals surface area (Å²) in [5.74, 6) is 1.84. The van der Waals surface area contributed by atoms with Gasteiger partial charge in [0.2, 0.25) is 0 Å². The Bertz CT molecular complexity index is 330. The SMILES string of the molecule is CCC1(Nc2cc(C)nc(C)n2)CCC1. The zero-order valence-corrected chi connectivity index (χ0v) is 9.80. The first-order chi connectivity index (χ1) is 7.13. The third-order valence-electron chi connectivity index (χ3n) is 3.35. The lowest BCUT2D eigenvalue weighted by atomic mass is 9.75. The van der Waals surface area contributed by atoms with Crippen LogP contribution in [0.5, 0.6) is 0 Å². The van der Waals surface area contributed by atoms with E-state index in [1.165, 1.54) is 25.7 Å². The summed E-state index contributed by atoms with van der Waals surface area (Å²) in [6.07, 6.45) is 5.05. The summed E-state index contributed by atoms with van der Waals surface area (Å²) in [5.41, 5.74) is 1.35. The normalized spacial score (nSPS) is 18.3. The van der Waals surface area contributed by atoms with Crippen molar-refractivity contribution in [1.82, 2.24) is 9.97 Å². The molecule has 1 heterocycles. The molecule has 1 aliphatic carbocycles. The molecule has 1 aliphatic rings. The van der Waals surface area contributed by atoms with E-state index in [0.29, 0.717) is 5.54 Å². The van der Waals surface area contributed by atoms with Gasteiger partial charge in [-0.2, -0.15) is 0 Å². The van der Waals surface area contributed by atoms with Crippen LogP contribution in [0.4, 0.5) is 5.82 Å². The second-order valence-electron chi connectivity index (χ2n) is 4.55. The molecule has 1 fully saturated rings. The molecule has 1 aromatic rings. The summed E-state index contributed by atoms with van der Waals surface area (Å²) in [7, 11) is 0. The molecule has 0 aliphatic heterocycles. The van der Waals surface area contributed by atoms with Crippen molar-refractivity contribution in [1.29, 1.82) is 0 Å². The molecular formula is C12H19N3. The number of aryl methyl sites for hydroxylation is 2. The van der Waals surface area contributed by atoms with Crippen LogP contribution in [0.15, 0.2) is 6.07 Å². The van der Waals surface area contributed by atoms with Crippen molar-refractivity contribution in [3.8, 4) is 0 Å². The van der Waals surface area contributed by atoms with Crippen LogP contribution < -0.4 is 5.32 Å². The van der Waals surface area contributed by atoms with Gasteiger partial charge in [0.25, 0.3) is 0 Å². The number of rotatable bonds is 3. The lowest BCUT2D eigenvalue weighted by Crippen LogP contribution is -2.44. The van der Waals surface area contributed by atoms with E-state index >= 15 is 0 Å². The number of nitrogens with one attached hydrogen (secondary N) is 1. The zero-order chi connectivity index (χ0) is 10.9. The van der Waals surface area contributed by atoms with Crippen molar-refractivity contribution in [3.05, 3.63) is 17.6 Å². The number of hydrogen-bond donors (Lipinski definition) is 1. The van der Waals surface area contributed by atoms with Gasteiger partial charge >= 0.3 is 0 Å². The van der Waals surface area contributed by atoms with Gasteiger partial charge in [0.1, 0.15) is 11.6 Å². The van der Waals surface area contributed by atoms with Crippen molar-refractivity contribution in [2.45, 2.75) is 52.0 Å². The summed E-state index contributed by atoms with van der Waals surface area (Å²) in [6, 6.07) is 2.03. The van der Waals surface area contributed by atoms with Gasteiger partial charge in [0.05, 0.1) is 0 Å². The fourth-order valence-electron chi connectivity index (χ4n) is 2.22. The number of aromatic nitrogens is 2. The van der Waals surface area contributed by atoms with Crippen molar-refractivity contribution in [2.24, 2.45) is 0 Å². The maximum absolute atomic E-state index is 4.43. The molecule has 3 heteroatoms. The van der Waals surface area contributed by atoms with E-state index in [1.54, 1.807) is 0 Å². The van der Waals surface area contributed by atoms with Crippen LogP contribution in [0.3, 0.4) is 0 Å². The standard InChI is InChI=1S/C12H19N3/c1-4-12(6-5-7-12)15-11-8-9(2)13-10(3)14-11/h8H,4-7H2,1-3H3,(H,13,14,15). The molecule has 1 saturated carbocycles. The molecule has 0 atom stereocenters. The second-order valence-corrected chi connectivity index (χ2v) is 4.55. The lowest BCUT2D eigenvalue weighted by Gasteiger charge is -2.42. The maximum atomic E-state index is 4.43. The molecule has 2 rings (SSSR count). The van der Waals surface area contributed by atoms with Crippen LogP contribution in [0.1, 0.15) is 44.1 Å². The fraction of sp³-hybridized carbons (Fsp3) is 0.667. The van der Waals surface area contributed by atoms with Crippen molar-refractivity contribution in [2.75, 3.05) is 5.32 Å². The molecule has 0 aromatic carbocycles. The van der Waals surface area contributed by atoms with Gasteiger partial charge in [-0.05, 0) is 39.5 Å². The van der Waals surface area contributed by atoms with E-state index in [4.69, 9.17) is 0 Å². The molecule has 82 valence electrons. The highest BCUT2D eigenvalue weighted by atomic mass is 15.1. The van der Waals surface area contributed by atoms with Crippen LogP contribution in [-0.2, 0) is 0 Å². The fourth-order valence-corrected chi connectivity index (χ4v) is 2.22. The van der Waals surface area contributed by atoms with E-state index in [0.717, 1.165) is 17.3 Å². The Hall–Kier alpha value is -1.12. The van der Waals surface area contributed by atoms with Crippen molar-refractivity contribution >= 4 is 5.82 Å². The minimum Gasteiger partial charge on any atom is -0.365 e. The van der Waals surface area contributed by atoms with Gasteiger partial charge in [-0.1, -0.05) is 6.92 Å². The highest BCUT2D eigenvalue weighted by Crippen LogP contribution is 2.37. The first-order valence-corrected chi connectivity index (χ1v) is 5.74. The third kappa shape index (κ3) is 2.11. The van der Waals surface area contributed by atoms with E-state index in [9.17, 15) is 0 Å². The molecule has 0 unspecified atom stereocenters. The highest BCUT2D eigenvalue weighted by molar-refractivity contribution is 5.39. The predicted octanol–water partition coefficient (Wildman–Crippen LogP) is 2.84. The zero-order valence-electron chi connectivity index (χ0n) is 9.80. The first-order valence-electron chi connectivity index (χ1n) is 5.74. The molecule has 1 N–H and O–H groups in total. The van der Waals surface area contributed by atoms with Crippen molar-refractivity contribution in [3.63, 3.8) is 0 Å². The largest absolute Gasteiger partial charge is 0.365 e. The van der Waals surface area contributed by atoms with Gasteiger partial charge in [0, 0.05) is 17.3 Å². The summed E-state index contributed by atoms with van der Waals surface area (Å²) in [5, 5.41) is 3.57. The molecule has 3 nitrogen and oxygen atoms in total. The molecular weight excluding hydrogens is 186 g/mol. The minimum absolute atomic E-state index is 0.313. The van der Waals surface area contributed by atoms with E-state index in [1.807, 2.05) is 19.9 Å². The Labute approximate surface area is 91.3 Å². The summed E-state index contributed by atoms with van der Waals surface area (Å²) >= 11 is 0. The van der Waals surface area contributed by atoms with Crippen LogP contribution in [0.2, 0.25) is 0 Å². The third-order valence-corrected chi connectivity index (χ3v) is 3.35. The molecule has 0 radical (unpaired) electrons. The van der Waals surface area contributed by atoms with Crippen molar-refractivity contribution < 1.29 is 0 Å². The predicted molar refractivity (Wildman–Crippen MR) is 62.0 cm³/mol. The number of nitrogens with zero attached hydrogens (tertiary/aromatic N) is 2. The van der Waals surface area contributed by atoms with E-state index in [2.05, 4.69) is 22.2 Å². The minimum atomic E-state index is 0.313. The topological polar surface area (TPSA) is 37.8 Å².